The lowest BCUT2D eigenvalue weighted by Gasteiger charge is -2.31. The van der Waals surface area contributed by atoms with Gasteiger partial charge in [-0.3, -0.25) is 4.99 Å². The van der Waals surface area contributed by atoms with Crippen molar-refractivity contribution in [2.24, 2.45) is 18.0 Å². The molecule has 0 radical (unpaired) electrons. The van der Waals surface area contributed by atoms with Crippen LogP contribution in [-0.2, 0) is 20.1 Å². The van der Waals surface area contributed by atoms with Gasteiger partial charge in [0.15, 0.2) is 5.96 Å². The second-order valence-electron chi connectivity index (χ2n) is 7.31. The van der Waals surface area contributed by atoms with Gasteiger partial charge in [0, 0.05) is 45.6 Å². The first kappa shape index (κ1) is 24.1. The molecule has 2 aromatic rings. The molecule has 0 bridgehead atoms. The Kier molecular flexibility index (Phi) is 9.36. The van der Waals surface area contributed by atoms with Crippen LogP contribution in [-0.4, -0.2) is 35.6 Å². The van der Waals surface area contributed by atoms with Crippen LogP contribution >= 0.6 is 47.2 Å². The molecule has 6 nitrogen and oxygen atoms in total. The van der Waals surface area contributed by atoms with Crippen molar-refractivity contribution >= 4 is 59.0 Å². The van der Waals surface area contributed by atoms with Crippen LogP contribution in [0, 0.1) is 5.92 Å². The van der Waals surface area contributed by atoms with Gasteiger partial charge in [0.1, 0.15) is 11.0 Å². The molecule has 2 N–H and O–H groups in total. The van der Waals surface area contributed by atoms with E-state index in [1.807, 2.05) is 23.9 Å². The third-order valence-electron chi connectivity index (χ3n) is 5.25. The number of nitrogens with one attached hydrogen (secondary N) is 2. The Morgan fingerprint density at radius 3 is 2.45 bits per heavy atom. The lowest BCUT2D eigenvalue weighted by atomic mass is 9.99. The summed E-state index contributed by atoms with van der Waals surface area (Å²) in [5.74, 6) is 2.60. The van der Waals surface area contributed by atoms with Crippen molar-refractivity contribution in [3.05, 3.63) is 45.8 Å². The molecular weight excluding hydrogens is 522 g/mol. The zero-order valence-electron chi connectivity index (χ0n) is 17.1. The monoisotopic (exact) mass is 550 g/mol. The van der Waals surface area contributed by atoms with E-state index in [4.69, 9.17) is 23.2 Å². The smallest absolute Gasteiger partial charge is 0.191 e. The van der Waals surface area contributed by atoms with E-state index in [-0.39, 0.29) is 24.0 Å². The summed E-state index contributed by atoms with van der Waals surface area (Å²) in [5.41, 5.74) is 2.10. The number of anilines is 1. The maximum absolute atomic E-state index is 6.11. The standard InChI is InChI=1S/C20H28Cl2N6.HI/c1-14-6-8-28(9-7-14)18-5-4-15(11-24-18)12-25-20(23-2)26-13-16-10-17(21)19(22)27(16)3;/h4-5,10-11,14H,6-9,12-13H2,1-3H3,(H2,23,25,26);1H. The van der Waals surface area contributed by atoms with Crippen LogP contribution in [0.2, 0.25) is 10.2 Å². The highest BCUT2D eigenvalue weighted by molar-refractivity contribution is 14.0. The van der Waals surface area contributed by atoms with E-state index < -0.39 is 0 Å². The predicted molar refractivity (Wildman–Crippen MR) is 133 cm³/mol. The summed E-state index contributed by atoms with van der Waals surface area (Å²) < 4.78 is 1.86. The van der Waals surface area contributed by atoms with Gasteiger partial charge in [-0.25, -0.2) is 4.98 Å². The van der Waals surface area contributed by atoms with Gasteiger partial charge in [0.2, 0.25) is 0 Å². The number of aliphatic imine (C=N–C) groups is 1. The van der Waals surface area contributed by atoms with Crippen LogP contribution in [0.1, 0.15) is 31.0 Å². The molecule has 0 saturated carbocycles. The minimum atomic E-state index is 0. The predicted octanol–water partition coefficient (Wildman–Crippen LogP) is 4.45. The van der Waals surface area contributed by atoms with Gasteiger partial charge >= 0.3 is 0 Å². The summed E-state index contributed by atoms with van der Waals surface area (Å²) in [6.45, 7) is 5.73. The minimum Gasteiger partial charge on any atom is -0.357 e. The molecule has 3 rings (SSSR count). The van der Waals surface area contributed by atoms with E-state index in [9.17, 15) is 0 Å². The van der Waals surface area contributed by atoms with Crippen molar-refractivity contribution in [2.45, 2.75) is 32.9 Å². The topological polar surface area (TPSA) is 57.5 Å². The fourth-order valence-electron chi connectivity index (χ4n) is 3.29. The highest BCUT2D eigenvalue weighted by Crippen LogP contribution is 2.25. The lowest BCUT2D eigenvalue weighted by molar-refractivity contribution is 0.436. The molecule has 9 heteroatoms. The molecule has 0 aliphatic carbocycles. The third kappa shape index (κ3) is 6.39. The Morgan fingerprint density at radius 1 is 1.21 bits per heavy atom. The molecule has 3 heterocycles. The van der Waals surface area contributed by atoms with Crippen LogP contribution in [0.5, 0.6) is 0 Å². The second-order valence-corrected chi connectivity index (χ2v) is 8.07. The maximum atomic E-state index is 6.11. The van der Waals surface area contributed by atoms with E-state index in [1.165, 1.54) is 12.8 Å². The average molecular weight is 551 g/mol. The Bertz CT molecular complexity index is 813. The molecule has 0 unspecified atom stereocenters. The van der Waals surface area contributed by atoms with E-state index >= 15 is 0 Å². The number of hydrogen-bond donors (Lipinski definition) is 2. The molecule has 2 aromatic heterocycles. The first-order chi connectivity index (χ1) is 13.5. The molecule has 1 saturated heterocycles. The number of piperidine rings is 1. The SMILES string of the molecule is CN=C(NCc1ccc(N2CCC(C)CC2)nc1)NCc1cc(Cl)c(Cl)n1C.I. The van der Waals surface area contributed by atoms with Crippen molar-refractivity contribution in [1.29, 1.82) is 0 Å². The van der Waals surface area contributed by atoms with Crippen LogP contribution < -0.4 is 15.5 Å². The van der Waals surface area contributed by atoms with Gasteiger partial charge in [-0.1, -0.05) is 36.2 Å². The molecule has 1 fully saturated rings. The van der Waals surface area contributed by atoms with Crippen LogP contribution in [0.15, 0.2) is 29.4 Å². The molecule has 160 valence electrons. The Labute approximate surface area is 200 Å². The number of aromatic nitrogens is 2. The molecule has 0 amide bonds. The van der Waals surface area contributed by atoms with Gasteiger partial charge in [-0.15, -0.1) is 24.0 Å². The van der Waals surface area contributed by atoms with Crippen LogP contribution in [0.25, 0.3) is 0 Å². The fraction of sp³-hybridized carbons (Fsp3) is 0.500. The number of guanidine groups is 1. The number of halogens is 3. The third-order valence-corrected chi connectivity index (χ3v) is 6.09. The highest BCUT2D eigenvalue weighted by Gasteiger charge is 2.16. The summed E-state index contributed by atoms with van der Waals surface area (Å²) in [4.78, 5) is 11.3. The number of rotatable bonds is 5. The normalized spacial score (nSPS) is 15.2. The molecule has 0 spiro atoms. The Hall–Kier alpha value is -1.19. The summed E-state index contributed by atoms with van der Waals surface area (Å²) in [7, 11) is 3.64. The van der Waals surface area contributed by atoms with Crippen molar-refractivity contribution in [3.8, 4) is 0 Å². The molecule has 1 aliphatic rings. The van der Waals surface area contributed by atoms with Gasteiger partial charge in [-0.2, -0.15) is 0 Å². The molecule has 29 heavy (non-hydrogen) atoms. The first-order valence-electron chi connectivity index (χ1n) is 9.62. The zero-order chi connectivity index (χ0) is 20.1. The van der Waals surface area contributed by atoms with Gasteiger partial charge in [0.05, 0.1) is 11.6 Å². The van der Waals surface area contributed by atoms with Gasteiger partial charge in [-0.05, 0) is 36.5 Å². The van der Waals surface area contributed by atoms with E-state index in [1.54, 1.807) is 7.05 Å². The zero-order valence-corrected chi connectivity index (χ0v) is 20.9. The Morgan fingerprint density at radius 2 is 1.90 bits per heavy atom. The number of hydrogen-bond acceptors (Lipinski definition) is 3. The largest absolute Gasteiger partial charge is 0.357 e. The Balaban J connectivity index is 0.00000300. The average Bonchev–Trinajstić information content (AvgIpc) is 2.96. The molecule has 0 atom stereocenters. The number of pyridine rings is 1. The first-order valence-corrected chi connectivity index (χ1v) is 10.4. The summed E-state index contributed by atoms with van der Waals surface area (Å²) in [6.07, 6.45) is 4.42. The fourth-order valence-corrected chi connectivity index (χ4v) is 3.70. The van der Waals surface area contributed by atoms with Crippen molar-refractivity contribution in [3.63, 3.8) is 0 Å². The highest BCUT2D eigenvalue weighted by atomic mass is 127. The summed E-state index contributed by atoms with van der Waals surface area (Å²) >= 11 is 12.2. The van der Waals surface area contributed by atoms with Gasteiger partial charge in [0.25, 0.3) is 0 Å². The van der Waals surface area contributed by atoms with Crippen molar-refractivity contribution in [1.82, 2.24) is 20.2 Å². The van der Waals surface area contributed by atoms with Crippen LogP contribution in [0.3, 0.4) is 0 Å². The summed E-state index contributed by atoms with van der Waals surface area (Å²) in [5, 5.41) is 7.68. The van der Waals surface area contributed by atoms with Crippen LogP contribution in [0.4, 0.5) is 5.82 Å². The number of nitrogens with zero attached hydrogens (tertiary/aromatic N) is 4. The van der Waals surface area contributed by atoms with E-state index in [2.05, 4.69) is 44.6 Å². The second kappa shape index (κ2) is 11.3. The lowest BCUT2D eigenvalue weighted by Crippen LogP contribution is -2.36. The van der Waals surface area contributed by atoms with E-state index in [0.29, 0.717) is 29.2 Å². The molecule has 1 aliphatic heterocycles. The van der Waals surface area contributed by atoms with E-state index in [0.717, 1.165) is 36.1 Å². The molecule has 0 aromatic carbocycles. The summed E-state index contributed by atoms with van der Waals surface area (Å²) in [6, 6.07) is 6.09. The van der Waals surface area contributed by atoms with Gasteiger partial charge < -0.3 is 20.1 Å². The van der Waals surface area contributed by atoms with Crippen molar-refractivity contribution < 1.29 is 0 Å². The quantitative estimate of drug-likeness (QED) is 0.328. The van der Waals surface area contributed by atoms with Crippen molar-refractivity contribution in [2.75, 3.05) is 25.0 Å². The maximum Gasteiger partial charge on any atom is 0.191 e. The molecular formula is C20H29Cl2IN6. The minimum absolute atomic E-state index is 0.